The third kappa shape index (κ3) is 8.61. The summed E-state index contributed by atoms with van der Waals surface area (Å²) >= 11 is 1.40. The molecule has 0 spiro atoms. The van der Waals surface area contributed by atoms with Crippen LogP contribution in [0.5, 0.6) is 0 Å². The van der Waals surface area contributed by atoms with E-state index in [0.29, 0.717) is 28.4 Å². The van der Waals surface area contributed by atoms with Crippen molar-refractivity contribution in [3.63, 3.8) is 0 Å². The molecule has 0 aliphatic carbocycles. The molecule has 0 radical (unpaired) electrons. The van der Waals surface area contributed by atoms with Crippen molar-refractivity contribution in [1.29, 1.82) is 0 Å². The van der Waals surface area contributed by atoms with E-state index in [-0.39, 0.29) is 11.6 Å². The maximum atomic E-state index is 13.8. The molecule has 0 aliphatic rings. The Kier molecular flexibility index (Phi) is 10.5. The van der Waals surface area contributed by atoms with Crippen LogP contribution in [0.2, 0.25) is 0 Å². The number of fused-ring (bicyclic) bond motifs is 1. The van der Waals surface area contributed by atoms with Crippen LogP contribution in [0.1, 0.15) is 32.3 Å². The number of aromatic nitrogens is 1. The monoisotopic (exact) mass is 714 g/mol. The van der Waals surface area contributed by atoms with Gasteiger partial charge in [0.1, 0.15) is 16.5 Å². The van der Waals surface area contributed by atoms with Crippen molar-refractivity contribution in [2.75, 3.05) is 10.6 Å². The summed E-state index contributed by atoms with van der Waals surface area (Å²) in [5.41, 5.74) is 6.62. The molecule has 3 amide bonds. The Labute approximate surface area is 311 Å². The Balaban J connectivity index is 1.05. The van der Waals surface area contributed by atoms with E-state index in [4.69, 9.17) is 4.42 Å². The normalized spacial score (nSPS) is 11.8. The Bertz CT molecular complexity index is 2380. The second-order valence-electron chi connectivity index (χ2n) is 12.2. The molecule has 7 aromatic rings. The molecule has 1 atom stereocenters. The van der Waals surface area contributed by atoms with Gasteiger partial charge in [-0.1, -0.05) is 84.9 Å². The van der Waals surface area contributed by atoms with E-state index in [1.54, 1.807) is 42.5 Å². The number of oxazole rings is 1. The summed E-state index contributed by atoms with van der Waals surface area (Å²) < 4.78 is 5.89. The lowest BCUT2D eigenvalue weighted by atomic mass is 10.1. The zero-order valence-electron chi connectivity index (χ0n) is 28.7. The second kappa shape index (κ2) is 16.1. The van der Waals surface area contributed by atoms with E-state index < -0.39 is 17.1 Å². The van der Waals surface area contributed by atoms with Crippen LogP contribution in [-0.2, 0) is 9.59 Å². The smallest absolute Gasteiger partial charge is 0.272 e. The number of carbonyl (C=O) groups is 3. The molecule has 6 aromatic carbocycles. The summed E-state index contributed by atoms with van der Waals surface area (Å²) in [6, 6.07) is 48.2. The number of rotatable bonds is 11. The second-order valence-corrected chi connectivity index (χ2v) is 13.4. The zero-order valence-corrected chi connectivity index (χ0v) is 29.5. The Morgan fingerprint density at radius 1 is 0.679 bits per heavy atom. The molecule has 1 unspecified atom stereocenters. The zero-order chi connectivity index (χ0) is 36.6. The number of benzene rings is 6. The number of nitrogens with zero attached hydrogens (tertiary/aromatic N) is 1. The third-order valence-corrected chi connectivity index (χ3v) is 9.68. The molecule has 1 aromatic heterocycles. The number of amides is 3. The summed E-state index contributed by atoms with van der Waals surface area (Å²) in [7, 11) is 0. The van der Waals surface area contributed by atoms with Gasteiger partial charge < -0.3 is 20.4 Å². The molecule has 3 N–H and O–H groups in total. The molecule has 8 nitrogen and oxygen atoms in total. The van der Waals surface area contributed by atoms with Gasteiger partial charge in [-0.15, -0.1) is 11.8 Å². The minimum absolute atomic E-state index is 0.106. The molecule has 0 fully saturated rings. The maximum absolute atomic E-state index is 13.8. The Morgan fingerprint density at radius 3 is 2.02 bits per heavy atom. The van der Waals surface area contributed by atoms with Crippen molar-refractivity contribution in [3.8, 4) is 11.5 Å². The molecule has 53 heavy (non-hydrogen) atoms. The minimum Gasteiger partial charge on any atom is -0.436 e. The molecule has 0 bridgehead atoms. The molecule has 7 rings (SSSR count). The van der Waals surface area contributed by atoms with Gasteiger partial charge in [-0.2, -0.15) is 0 Å². The predicted octanol–water partition coefficient (Wildman–Crippen LogP) is 9.68. The van der Waals surface area contributed by atoms with Gasteiger partial charge in [0, 0.05) is 27.4 Å². The van der Waals surface area contributed by atoms with Crippen molar-refractivity contribution >= 4 is 58.0 Å². The highest BCUT2D eigenvalue weighted by molar-refractivity contribution is 8.00. The largest absolute Gasteiger partial charge is 0.436 e. The van der Waals surface area contributed by atoms with Crippen LogP contribution in [0.15, 0.2) is 173 Å². The van der Waals surface area contributed by atoms with E-state index in [9.17, 15) is 14.4 Å². The highest BCUT2D eigenvalue weighted by Gasteiger charge is 2.23. The molecule has 260 valence electrons. The summed E-state index contributed by atoms with van der Waals surface area (Å²) in [5.74, 6) is -0.538. The molecule has 1 heterocycles. The SMILES string of the molecule is Cc1ccccc1/C=C(\NC(=O)c1ccccc1)C(=O)Nc1ccc(SC(C(=O)Nc2ccc(-c3nc4ccccc4o3)cc2)c2ccccc2)cc1. The first-order valence-corrected chi connectivity index (χ1v) is 17.8. The number of hydrogen-bond acceptors (Lipinski definition) is 6. The van der Waals surface area contributed by atoms with Crippen molar-refractivity contribution in [1.82, 2.24) is 10.3 Å². The standard InChI is InChI=1S/C44H34N4O4S/c1-29-12-8-9-17-33(29)28-38(47-41(49)31-15-6-3-7-16-31)42(50)45-35-24-26-36(27-25-35)53-40(30-13-4-2-5-14-30)43(51)46-34-22-20-32(21-23-34)44-48-37-18-10-11-19-39(37)52-44/h2-28,40H,1H3,(H,45,50)(H,46,51)(H,47,49)/b38-28-. The lowest BCUT2D eigenvalue weighted by Crippen LogP contribution is -2.30. The summed E-state index contributed by atoms with van der Waals surface area (Å²) in [6.07, 6.45) is 1.67. The fourth-order valence-corrected chi connectivity index (χ4v) is 6.62. The summed E-state index contributed by atoms with van der Waals surface area (Å²) in [5, 5.41) is 8.19. The maximum Gasteiger partial charge on any atom is 0.272 e. The van der Waals surface area contributed by atoms with Crippen LogP contribution < -0.4 is 16.0 Å². The lowest BCUT2D eigenvalue weighted by Gasteiger charge is -2.18. The average molecular weight is 715 g/mol. The van der Waals surface area contributed by atoms with Crippen LogP contribution >= 0.6 is 11.8 Å². The first-order valence-electron chi connectivity index (χ1n) is 16.9. The van der Waals surface area contributed by atoms with Crippen molar-refractivity contribution < 1.29 is 18.8 Å². The van der Waals surface area contributed by atoms with Crippen molar-refractivity contribution in [2.45, 2.75) is 17.1 Å². The summed E-state index contributed by atoms with van der Waals surface area (Å²) in [6.45, 7) is 1.94. The van der Waals surface area contributed by atoms with E-state index in [1.165, 1.54) is 11.8 Å². The molecule has 0 saturated carbocycles. The van der Waals surface area contributed by atoms with E-state index in [2.05, 4.69) is 20.9 Å². The fourth-order valence-electron chi connectivity index (χ4n) is 5.60. The number of carbonyl (C=O) groups excluding carboxylic acids is 3. The number of nitrogens with one attached hydrogen (secondary N) is 3. The summed E-state index contributed by atoms with van der Waals surface area (Å²) in [4.78, 5) is 45.8. The molecule has 9 heteroatoms. The van der Waals surface area contributed by atoms with Gasteiger partial charge >= 0.3 is 0 Å². The molecule has 0 aliphatic heterocycles. The molecule has 0 saturated heterocycles. The van der Waals surface area contributed by atoms with E-state index in [1.807, 2.05) is 128 Å². The van der Waals surface area contributed by atoms with E-state index >= 15 is 0 Å². The number of anilines is 2. The van der Waals surface area contributed by atoms with Crippen LogP contribution in [-0.4, -0.2) is 22.7 Å². The van der Waals surface area contributed by atoms with Crippen LogP contribution in [0.25, 0.3) is 28.6 Å². The third-order valence-electron chi connectivity index (χ3n) is 8.42. The van der Waals surface area contributed by atoms with Gasteiger partial charge in [-0.3, -0.25) is 14.4 Å². The van der Waals surface area contributed by atoms with E-state index in [0.717, 1.165) is 32.7 Å². The Morgan fingerprint density at radius 2 is 1.30 bits per heavy atom. The van der Waals surface area contributed by atoms with Crippen LogP contribution in [0.3, 0.4) is 0 Å². The highest BCUT2D eigenvalue weighted by atomic mass is 32.2. The highest BCUT2D eigenvalue weighted by Crippen LogP contribution is 2.37. The molecular formula is C44H34N4O4S. The molecular weight excluding hydrogens is 681 g/mol. The van der Waals surface area contributed by atoms with Gasteiger partial charge in [0.15, 0.2) is 5.58 Å². The van der Waals surface area contributed by atoms with Gasteiger partial charge in [-0.05, 0) is 102 Å². The number of para-hydroxylation sites is 2. The first-order chi connectivity index (χ1) is 25.9. The topological polar surface area (TPSA) is 113 Å². The number of thioether (sulfide) groups is 1. The Hall–Kier alpha value is -6.71. The lowest BCUT2D eigenvalue weighted by molar-refractivity contribution is -0.116. The van der Waals surface area contributed by atoms with Gasteiger partial charge in [0.25, 0.3) is 11.8 Å². The van der Waals surface area contributed by atoms with Crippen molar-refractivity contribution in [2.24, 2.45) is 0 Å². The first kappa shape index (κ1) is 34.7. The van der Waals surface area contributed by atoms with Crippen LogP contribution in [0, 0.1) is 6.92 Å². The minimum atomic E-state index is -0.565. The number of aryl methyl sites for hydroxylation is 1. The predicted molar refractivity (Wildman–Crippen MR) is 211 cm³/mol. The van der Waals surface area contributed by atoms with Gasteiger partial charge in [-0.25, -0.2) is 4.98 Å². The number of hydrogen-bond donors (Lipinski definition) is 3. The van der Waals surface area contributed by atoms with Gasteiger partial charge in [0.05, 0.1) is 0 Å². The average Bonchev–Trinajstić information content (AvgIpc) is 3.63. The van der Waals surface area contributed by atoms with Gasteiger partial charge in [0.2, 0.25) is 11.8 Å². The van der Waals surface area contributed by atoms with Crippen molar-refractivity contribution in [3.05, 3.63) is 186 Å². The quantitative estimate of drug-likeness (QED) is 0.0909. The van der Waals surface area contributed by atoms with Crippen LogP contribution in [0.4, 0.5) is 11.4 Å². The fraction of sp³-hybridized carbons (Fsp3) is 0.0455.